The average molecular weight is 256 g/mol. The molecule has 1 heteroatoms. The van der Waals surface area contributed by atoms with Crippen LogP contribution in [0.4, 0.5) is 0 Å². The molecule has 0 radical (unpaired) electrons. The van der Waals surface area contributed by atoms with Crippen LogP contribution >= 0.6 is 0 Å². The van der Waals surface area contributed by atoms with Gasteiger partial charge in [0.1, 0.15) is 6.79 Å². The first-order valence-corrected chi connectivity index (χ1v) is 6.64. The summed E-state index contributed by atoms with van der Waals surface area (Å²) in [5.74, 6) is 0. The molecule has 1 aliphatic carbocycles. The van der Waals surface area contributed by atoms with Crippen molar-refractivity contribution in [1.82, 2.24) is 0 Å². The molecule has 1 aromatic carbocycles. The third kappa shape index (κ3) is 3.66. The zero-order valence-corrected chi connectivity index (χ0v) is 12.7. The number of benzene rings is 1. The van der Waals surface area contributed by atoms with Crippen molar-refractivity contribution < 1.29 is 4.79 Å². The molecular formula is C18H24O. The van der Waals surface area contributed by atoms with Crippen molar-refractivity contribution in [2.45, 2.75) is 46.5 Å². The van der Waals surface area contributed by atoms with E-state index in [4.69, 9.17) is 4.79 Å². The largest absolute Gasteiger partial charge is 0.307 e. The summed E-state index contributed by atoms with van der Waals surface area (Å²) >= 11 is 0. The molecule has 1 aliphatic rings. The molecule has 19 heavy (non-hydrogen) atoms. The monoisotopic (exact) mass is 256 g/mol. The lowest BCUT2D eigenvalue weighted by Gasteiger charge is -2.19. The zero-order chi connectivity index (χ0) is 14.6. The van der Waals surface area contributed by atoms with Gasteiger partial charge in [0.05, 0.1) is 0 Å². The summed E-state index contributed by atoms with van der Waals surface area (Å²) in [7, 11) is 0. The Balaban J connectivity index is 0.000000861. The fourth-order valence-electron chi connectivity index (χ4n) is 2.43. The maximum atomic E-state index is 8.00. The molecule has 0 spiro atoms. The molecule has 0 aromatic heterocycles. The molecule has 0 heterocycles. The molecule has 1 nitrogen and oxygen atoms in total. The van der Waals surface area contributed by atoms with Gasteiger partial charge in [-0.15, -0.1) is 0 Å². The SMILES string of the molecule is C=O.CC1=CC(C)=C(c2ccc(C(C)(C)C)cc2)C1. The molecule has 0 bridgehead atoms. The standard InChI is InChI=1S/C17H22.CH2O/c1-12-10-13(2)16(11-12)14-6-8-15(9-7-14)17(3,4)5;1-2/h6-10H,11H2,1-5H3;1H2. The smallest absolute Gasteiger partial charge is 0.106 e. The van der Waals surface area contributed by atoms with Crippen LogP contribution in [0.5, 0.6) is 0 Å². The highest BCUT2D eigenvalue weighted by Crippen LogP contribution is 2.33. The minimum atomic E-state index is 0.242. The summed E-state index contributed by atoms with van der Waals surface area (Å²) in [6.07, 6.45) is 3.41. The van der Waals surface area contributed by atoms with E-state index in [0.29, 0.717) is 0 Å². The van der Waals surface area contributed by atoms with E-state index in [1.54, 1.807) is 0 Å². The Kier molecular flexibility index (Phi) is 4.88. The molecule has 0 saturated carbocycles. The van der Waals surface area contributed by atoms with Crippen LogP contribution in [0.3, 0.4) is 0 Å². The van der Waals surface area contributed by atoms with E-state index in [1.165, 1.54) is 27.8 Å². The van der Waals surface area contributed by atoms with Crippen LogP contribution in [-0.4, -0.2) is 6.79 Å². The lowest BCUT2D eigenvalue weighted by molar-refractivity contribution is -0.0979. The van der Waals surface area contributed by atoms with E-state index in [9.17, 15) is 0 Å². The van der Waals surface area contributed by atoms with Crippen LogP contribution < -0.4 is 0 Å². The van der Waals surface area contributed by atoms with E-state index >= 15 is 0 Å². The number of allylic oxidation sites excluding steroid dienone is 4. The topological polar surface area (TPSA) is 17.1 Å². The minimum absolute atomic E-state index is 0.242. The number of rotatable bonds is 1. The van der Waals surface area contributed by atoms with Gasteiger partial charge in [-0.2, -0.15) is 0 Å². The molecule has 2 rings (SSSR count). The van der Waals surface area contributed by atoms with Gasteiger partial charge in [0.15, 0.2) is 0 Å². The fourth-order valence-corrected chi connectivity index (χ4v) is 2.43. The predicted octanol–water partition coefficient (Wildman–Crippen LogP) is 4.92. The normalized spacial score (nSPS) is 14.9. The fraction of sp³-hybridized carbons (Fsp3) is 0.389. The summed E-state index contributed by atoms with van der Waals surface area (Å²) in [6.45, 7) is 13.2. The van der Waals surface area contributed by atoms with E-state index < -0.39 is 0 Å². The maximum absolute atomic E-state index is 8.00. The maximum Gasteiger partial charge on any atom is 0.106 e. The summed E-state index contributed by atoms with van der Waals surface area (Å²) in [4.78, 5) is 8.00. The van der Waals surface area contributed by atoms with Crippen LogP contribution in [0.15, 0.2) is 41.5 Å². The van der Waals surface area contributed by atoms with Crippen LogP contribution in [-0.2, 0) is 10.2 Å². The molecule has 0 N–H and O–H groups in total. The molecule has 102 valence electrons. The van der Waals surface area contributed by atoms with E-state index in [2.05, 4.69) is 65.0 Å². The van der Waals surface area contributed by atoms with Crippen molar-refractivity contribution in [3.8, 4) is 0 Å². The van der Waals surface area contributed by atoms with Gasteiger partial charge >= 0.3 is 0 Å². The third-order valence-corrected chi connectivity index (χ3v) is 3.49. The average Bonchev–Trinajstić information content (AvgIpc) is 2.70. The van der Waals surface area contributed by atoms with Crippen molar-refractivity contribution in [3.63, 3.8) is 0 Å². The van der Waals surface area contributed by atoms with Crippen LogP contribution in [0.25, 0.3) is 5.57 Å². The van der Waals surface area contributed by atoms with Crippen molar-refractivity contribution >= 4 is 12.4 Å². The number of carbonyl (C=O) groups excluding carboxylic acids is 1. The third-order valence-electron chi connectivity index (χ3n) is 3.49. The van der Waals surface area contributed by atoms with Crippen molar-refractivity contribution in [1.29, 1.82) is 0 Å². The second-order valence-electron chi connectivity index (χ2n) is 6.16. The Labute approximate surface area is 117 Å². The van der Waals surface area contributed by atoms with Gasteiger partial charge in [0, 0.05) is 0 Å². The minimum Gasteiger partial charge on any atom is -0.307 e. The van der Waals surface area contributed by atoms with Gasteiger partial charge in [-0.05, 0) is 48.0 Å². The summed E-state index contributed by atoms with van der Waals surface area (Å²) in [5, 5.41) is 0. The predicted molar refractivity (Wildman–Crippen MR) is 83.2 cm³/mol. The zero-order valence-electron chi connectivity index (χ0n) is 12.7. The Morgan fingerprint density at radius 1 is 1.00 bits per heavy atom. The van der Waals surface area contributed by atoms with Gasteiger partial charge in [-0.1, -0.05) is 56.7 Å². The molecular weight excluding hydrogens is 232 g/mol. The number of hydrogen-bond acceptors (Lipinski definition) is 1. The highest BCUT2D eigenvalue weighted by atomic mass is 16.1. The van der Waals surface area contributed by atoms with Gasteiger partial charge < -0.3 is 4.79 Å². The van der Waals surface area contributed by atoms with E-state index in [1.807, 2.05) is 6.79 Å². The number of carbonyl (C=O) groups is 1. The van der Waals surface area contributed by atoms with Gasteiger partial charge in [-0.3, -0.25) is 0 Å². The Bertz CT molecular complexity index is 495. The molecule has 1 aromatic rings. The quantitative estimate of drug-likeness (QED) is 0.696. The van der Waals surface area contributed by atoms with E-state index in [0.717, 1.165) is 6.42 Å². The molecule has 0 fully saturated rings. The summed E-state index contributed by atoms with van der Waals surface area (Å²) in [6, 6.07) is 9.07. The first-order valence-electron chi connectivity index (χ1n) is 6.64. The summed E-state index contributed by atoms with van der Waals surface area (Å²) < 4.78 is 0. The molecule has 0 unspecified atom stereocenters. The van der Waals surface area contributed by atoms with Crippen LogP contribution in [0, 0.1) is 0 Å². The second-order valence-corrected chi connectivity index (χ2v) is 6.16. The Morgan fingerprint density at radius 2 is 1.53 bits per heavy atom. The Hall–Kier alpha value is -1.63. The van der Waals surface area contributed by atoms with E-state index in [-0.39, 0.29) is 5.41 Å². The number of hydrogen-bond donors (Lipinski definition) is 0. The van der Waals surface area contributed by atoms with Gasteiger partial charge in [0.25, 0.3) is 0 Å². The lowest BCUT2D eigenvalue weighted by Crippen LogP contribution is -2.10. The highest BCUT2D eigenvalue weighted by molar-refractivity contribution is 5.75. The molecule has 0 atom stereocenters. The lowest BCUT2D eigenvalue weighted by atomic mass is 9.86. The van der Waals surface area contributed by atoms with Crippen molar-refractivity contribution in [2.75, 3.05) is 0 Å². The Morgan fingerprint density at radius 3 is 1.89 bits per heavy atom. The highest BCUT2D eigenvalue weighted by Gasteiger charge is 2.15. The van der Waals surface area contributed by atoms with Crippen LogP contribution in [0.2, 0.25) is 0 Å². The molecule has 0 saturated heterocycles. The first-order chi connectivity index (χ1) is 8.88. The van der Waals surface area contributed by atoms with Crippen molar-refractivity contribution in [2.24, 2.45) is 0 Å². The molecule has 0 amide bonds. The molecule has 0 aliphatic heterocycles. The van der Waals surface area contributed by atoms with Gasteiger partial charge in [0.2, 0.25) is 0 Å². The second kappa shape index (κ2) is 6.01. The van der Waals surface area contributed by atoms with Crippen LogP contribution in [0.1, 0.15) is 52.2 Å². The first kappa shape index (κ1) is 15.4. The van der Waals surface area contributed by atoms with Crippen molar-refractivity contribution in [3.05, 3.63) is 52.6 Å². The van der Waals surface area contributed by atoms with Gasteiger partial charge in [-0.25, -0.2) is 0 Å². The summed E-state index contributed by atoms with van der Waals surface area (Å²) in [5.41, 5.74) is 7.41.